The van der Waals surface area contributed by atoms with Crippen LogP contribution in [0.5, 0.6) is 11.5 Å². The zero-order valence-corrected chi connectivity index (χ0v) is 9.33. The molecule has 0 aromatic heterocycles. The molecule has 86 valence electrons. The van der Waals surface area contributed by atoms with Crippen LogP contribution < -0.4 is 9.47 Å². The van der Waals surface area contributed by atoms with Crippen LogP contribution in [0, 0.1) is 0 Å². The van der Waals surface area contributed by atoms with Crippen molar-refractivity contribution >= 4 is 22.9 Å². The zero-order chi connectivity index (χ0) is 12.0. The van der Waals surface area contributed by atoms with E-state index < -0.39 is 12.1 Å². The van der Waals surface area contributed by atoms with Crippen molar-refractivity contribution in [1.29, 1.82) is 0 Å². The van der Waals surface area contributed by atoms with Crippen LogP contribution >= 0.6 is 11.6 Å². The van der Waals surface area contributed by atoms with Gasteiger partial charge in [-0.3, -0.25) is 4.79 Å². The highest BCUT2D eigenvalue weighted by atomic mass is 35.5. The Morgan fingerprint density at radius 1 is 1.50 bits per heavy atom. The first-order chi connectivity index (χ1) is 7.67. The predicted molar refractivity (Wildman–Crippen MR) is 59.5 cm³/mol. The summed E-state index contributed by atoms with van der Waals surface area (Å²) in [7, 11) is 1.46. The van der Waals surface area contributed by atoms with E-state index in [9.17, 15) is 9.18 Å². The molecule has 0 N–H and O–H groups in total. The minimum Gasteiger partial charge on any atom is -0.493 e. The first-order valence-electron chi connectivity index (χ1n) is 4.41. The number of alkyl halides is 1. The van der Waals surface area contributed by atoms with Crippen molar-refractivity contribution in [2.75, 3.05) is 14.0 Å². The third-order valence-electron chi connectivity index (χ3n) is 1.80. The molecule has 16 heavy (non-hydrogen) atoms. The van der Waals surface area contributed by atoms with Gasteiger partial charge in [-0.05, 0) is 35.4 Å². The Morgan fingerprint density at radius 3 is 2.81 bits per heavy atom. The quantitative estimate of drug-likeness (QED) is 0.590. The van der Waals surface area contributed by atoms with Crippen molar-refractivity contribution in [2.24, 2.45) is 0 Å². The molecule has 0 unspecified atom stereocenters. The Labute approximate surface area is 97.4 Å². The minimum absolute atomic E-state index is 0.272. The molecule has 0 amide bonds. The lowest BCUT2D eigenvalue weighted by molar-refractivity contribution is -0.107. The zero-order valence-electron chi connectivity index (χ0n) is 8.57. The Morgan fingerprint density at radius 2 is 2.25 bits per heavy atom. The number of hydrogen-bond donors (Lipinski definition) is 0. The number of methoxy groups -OCH3 is 1. The third kappa shape index (κ3) is 3.55. The van der Waals surface area contributed by atoms with E-state index in [1.165, 1.54) is 19.3 Å². The molecule has 0 radical (unpaired) electrons. The van der Waals surface area contributed by atoms with Gasteiger partial charge in [0.15, 0.2) is 11.5 Å². The van der Waals surface area contributed by atoms with E-state index in [1.54, 1.807) is 18.2 Å². The van der Waals surface area contributed by atoms with Crippen molar-refractivity contribution in [2.45, 2.75) is 0 Å². The topological polar surface area (TPSA) is 35.5 Å². The van der Waals surface area contributed by atoms with Gasteiger partial charge in [0.1, 0.15) is 0 Å². The van der Waals surface area contributed by atoms with E-state index in [2.05, 4.69) is 0 Å². The predicted octanol–water partition coefficient (Wildman–Crippen LogP) is 2.78. The number of ether oxygens (including phenoxy) is 2. The molecule has 0 spiro atoms. The lowest BCUT2D eigenvalue weighted by Crippen LogP contribution is -1.94. The van der Waals surface area contributed by atoms with Gasteiger partial charge in [0.25, 0.3) is 0 Å². The second-order valence-corrected chi connectivity index (χ2v) is 3.17. The van der Waals surface area contributed by atoms with Crippen molar-refractivity contribution in [3.63, 3.8) is 0 Å². The number of carbonyl (C=O) groups excluding carboxylic acids is 1. The van der Waals surface area contributed by atoms with Gasteiger partial charge in [-0.2, -0.15) is 0 Å². The number of halogens is 2. The smallest absolute Gasteiger partial charge is 0.245 e. The highest BCUT2D eigenvalue weighted by molar-refractivity contribution is 6.66. The van der Waals surface area contributed by atoms with Crippen LogP contribution in [0.3, 0.4) is 0 Å². The number of benzene rings is 1. The van der Waals surface area contributed by atoms with Crippen LogP contribution in [-0.2, 0) is 4.79 Å². The molecular formula is C11H10ClFO3. The van der Waals surface area contributed by atoms with E-state index in [4.69, 9.17) is 21.1 Å². The molecule has 0 saturated carbocycles. The van der Waals surface area contributed by atoms with Crippen LogP contribution in [0.25, 0.3) is 6.08 Å². The van der Waals surface area contributed by atoms with Gasteiger partial charge in [0.2, 0.25) is 12.1 Å². The first-order valence-corrected chi connectivity index (χ1v) is 4.79. The molecule has 1 aromatic rings. The molecule has 0 fully saturated rings. The molecule has 0 aliphatic carbocycles. The molecule has 5 heteroatoms. The van der Waals surface area contributed by atoms with Crippen LogP contribution in [0.2, 0.25) is 0 Å². The summed E-state index contributed by atoms with van der Waals surface area (Å²) in [5, 5.41) is -0.580. The Kier molecular flexibility index (Phi) is 4.79. The average Bonchev–Trinajstić information content (AvgIpc) is 2.27. The molecule has 0 aliphatic rings. The normalized spacial score (nSPS) is 10.4. The number of carbonyl (C=O) groups is 1. The van der Waals surface area contributed by atoms with E-state index in [-0.39, 0.29) is 5.75 Å². The van der Waals surface area contributed by atoms with Gasteiger partial charge < -0.3 is 9.47 Å². The van der Waals surface area contributed by atoms with Crippen LogP contribution in [0.4, 0.5) is 4.39 Å². The second kappa shape index (κ2) is 6.12. The SMILES string of the molecule is COc1ccc(/C=C/C(=O)Cl)cc1OCF. The van der Waals surface area contributed by atoms with Crippen LogP contribution in [0.15, 0.2) is 24.3 Å². The summed E-state index contributed by atoms with van der Waals surface area (Å²) in [6.45, 7) is -0.946. The Balaban J connectivity index is 2.96. The molecule has 1 rings (SSSR count). The van der Waals surface area contributed by atoms with Crippen molar-refractivity contribution in [3.8, 4) is 11.5 Å². The summed E-state index contributed by atoms with van der Waals surface area (Å²) in [5.41, 5.74) is 0.665. The Hall–Kier alpha value is -1.55. The maximum Gasteiger partial charge on any atom is 0.245 e. The lowest BCUT2D eigenvalue weighted by Gasteiger charge is -2.08. The fraction of sp³-hybridized carbons (Fsp3) is 0.182. The number of allylic oxidation sites excluding steroid dienone is 1. The maximum absolute atomic E-state index is 12.1. The largest absolute Gasteiger partial charge is 0.493 e. The van der Waals surface area contributed by atoms with Gasteiger partial charge >= 0.3 is 0 Å². The highest BCUT2D eigenvalue weighted by Crippen LogP contribution is 2.28. The molecule has 0 bridgehead atoms. The second-order valence-electron chi connectivity index (χ2n) is 2.80. The van der Waals surface area contributed by atoms with E-state index in [1.807, 2.05) is 0 Å². The summed E-state index contributed by atoms with van der Waals surface area (Å²) in [6.07, 6.45) is 2.70. The summed E-state index contributed by atoms with van der Waals surface area (Å²) >= 11 is 5.15. The molecule has 0 saturated heterocycles. The number of hydrogen-bond acceptors (Lipinski definition) is 3. The molecular weight excluding hydrogens is 235 g/mol. The fourth-order valence-electron chi connectivity index (χ4n) is 1.13. The molecule has 0 aliphatic heterocycles. The lowest BCUT2D eigenvalue weighted by atomic mass is 10.2. The molecule has 3 nitrogen and oxygen atoms in total. The van der Waals surface area contributed by atoms with E-state index >= 15 is 0 Å². The van der Waals surface area contributed by atoms with Crippen LogP contribution in [-0.4, -0.2) is 19.2 Å². The summed E-state index contributed by atoms with van der Waals surface area (Å²) < 4.78 is 21.8. The maximum atomic E-state index is 12.1. The van der Waals surface area contributed by atoms with Gasteiger partial charge in [0, 0.05) is 0 Å². The molecule has 0 atom stereocenters. The van der Waals surface area contributed by atoms with Gasteiger partial charge in [0.05, 0.1) is 7.11 Å². The van der Waals surface area contributed by atoms with Crippen LogP contribution in [0.1, 0.15) is 5.56 Å². The third-order valence-corrected chi connectivity index (χ3v) is 1.93. The van der Waals surface area contributed by atoms with E-state index in [0.717, 1.165) is 0 Å². The van der Waals surface area contributed by atoms with Gasteiger partial charge in [-0.1, -0.05) is 12.1 Å². The molecule has 1 aromatic carbocycles. The van der Waals surface area contributed by atoms with E-state index in [0.29, 0.717) is 11.3 Å². The van der Waals surface area contributed by atoms with Crippen molar-refractivity contribution in [3.05, 3.63) is 29.8 Å². The van der Waals surface area contributed by atoms with Gasteiger partial charge in [-0.15, -0.1) is 0 Å². The van der Waals surface area contributed by atoms with Gasteiger partial charge in [-0.25, -0.2) is 4.39 Å². The number of rotatable bonds is 5. The van der Waals surface area contributed by atoms with Crippen molar-refractivity contribution < 1.29 is 18.7 Å². The fourth-order valence-corrected chi connectivity index (χ4v) is 1.19. The van der Waals surface area contributed by atoms with Crippen molar-refractivity contribution in [1.82, 2.24) is 0 Å². The minimum atomic E-state index is -0.946. The summed E-state index contributed by atoms with van der Waals surface area (Å²) in [5.74, 6) is 0.696. The average molecular weight is 245 g/mol. The summed E-state index contributed by atoms with van der Waals surface area (Å²) in [6, 6.07) is 4.86. The highest BCUT2D eigenvalue weighted by Gasteiger charge is 2.04. The molecule has 0 heterocycles. The standard InChI is InChI=1S/C11H10ClFO3/c1-15-9-4-2-8(3-5-11(12)14)6-10(9)16-7-13/h2-6H,7H2,1H3/b5-3+. The Bertz CT molecular complexity index is 404. The summed E-state index contributed by atoms with van der Waals surface area (Å²) in [4.78, 5) is 10.5. The first kappa shape index (κ1) is 12.5. The monoisotopic (exact) mass is 244 g/mol.